The number of hydrogen-bond donors (Lipinski definition) is 3. The van der Waals surface area contributed by atoms with E-state index in [2.05, 4.69) is 58.9 Å². The Hall–Kier alpha value is -1.24. The molecule has 1 saturated heterocycles. The summed E-state index contributed by atoms with van der Waals surface area (Å²) in [4.78, 5) is 0. The van der Waals surface area contributed by atoms with Crippen LogP contribution in [0.5, 0.6) is 0 Å². The molecule has 0 radical (unpaired) electrons. The van der Waals surface area contributed by atoms with Crippen LogP contribution in [-0.4, -0.2) is 53.1 Å². The molecule has 4 atom stereocenters. The van der Waals surface area contributed by atoms with Crippen molar-refractivity contribution in [3.05, 3.63) is 46.6 Å². The van der Waals surface area contributed by atoms with Crippen LogP contribution in [0.2, 0.25) is 0 Å². The predicted molar refractivity (Wildman–Crippen MR) is 127 cm³/mol. The van der Waals surface area contributed by atoms with Gasteiger partial charge in [0.05, 0.1) is 13.2 Å². The zero-order valence-corrected chi connectivity index (χ0v) is 20.1. The fourth-order valence-electron chi connectivity index (χ4n) is 3.40. The number of hydrogen-bond acceptors (Lipinski definition) is 5. The van der Waals surface area contributed by atoms with Crippen molar-refractivity contribution in [2.75, 3.05) is 13.2 Å². The molecular weight excluding hydrogens is 392 g/mol. The van der Waals surface area contributed by atoms with E-state index in [-0.39, 0.29) is 6.61 Å². The average molecular weight is 437 g/mol. The second kappa shape index (κ2) is 15.5. The number of aliphatic hydroxyl groups is 3. The van der Waals surface area contributed by atoms with Gasteiger partial charge >= 0.3 is 0 Å². The lowest BCUT2D eigenvalue weighted by molar-refractivity contribution is -0.269. The molecule has 1 heterocycles. The van der Waals surface area contributed by atoms with Gasteiger partial charge in [0.15, 0.2) is 6.29 Å². The molecule has 178 valence electrons. The van der Waals surface area contributed by atoms with Crippen molar-refractivity contribution < 1.29 is 24.8 Å². The molecule has 0 amide bonds. The molecule has 1 rings (SSSR count). The Morgan fingerprint density at radius 1 is 0.742 bits per heavy atom. The minimum Gasteiger partial charge on any atom is -0.388 e. The van der Waals surface area contributed by atoms with Gasteiger partial charge in [-0.05, 0) is 79.6 Å². The summed E-state index contributed by atoms with van der Waals surface area (Å²) in [7, 11) is 0. The number of rotatable bonds is 13. The van der Waals surface area contributed by atoms with Crippen LogP contribution < -0.4 is 0 Å². The molecule has 1 aliphatic rings. The van der Waals surface area contributed by atoms with Crippen molar-refractivity contribution in [1.82, 2.24) is 0 Å². The highest BCUT2D eigenvalue weighted by Crippen LogP contribution is 2.17. The largest absolute Gasteiger partial charge is 0.388 e. The normalized spacial score (nSPS) is 25.6. The van der Waals surface area contributed by atoms with E-state index in [0.29, 0.717) is 6.61 Å². The molecule has 3 N–H and O–H groups in total. The van der Waals surface area contributed by atoms with Crippen LogP contribution in [0, 0.1) is 0 Å². The second-order valence-corrected chi connectivity index (χ2v) is 8.96. The molecule has 0 bridgehead atoms. The lowest BCUT2D eigenvalue weighted by Crippen LogP contribution is -2.53. The minimum atomic E-state index is -1.23. The first-order chi connectivity index (χ1) is 14.7. The van der Waals surface area contributed by atoms with Crippen LogP contribution in [0.3, 0.4) is 0 Å². The third-order valence-electron chi connectivity index (χ3n) is 5.50. The fourth-order valence-corrected chi connectivity index (χ4v) is 3.40. The second-order valence-electron chi connectivity index (χ2n) is 8.96. The maximum absolute atomic E-state index is 9.85. The lowest BCUT2D eigenvalue weighted by atomic mass is 10.0. The van der Waals surface area contributed by atoms with Gasteiger partial charge in [-0.2, -0.15) is 0 Å². The molecule has 5 nitrogen and oxygen atoms in total. The van der Waals surface area contributed by atoms with E-state index < -0.39 is 24.6 Å². The quantitative estimate of drug-likeness (QED) is 0.280. The highest BCUT2D eigenvalue weighted by Gasteiger charge is 2.37. The van der Waals surface area contributed by atoms with Crippen molar-refractivity contribution in [1.29, 1.82) is 0 Å². The fraction of sp³-hybridized carbons (Fsp3) is 0.692. The zero-order valence-electron chi connectivity index (χ0n) is 20.1. The summed E-state index contributed by atoms with van der Waals surface area (Å²) in [6.07, 6.45) is 12.0. The van der Waals surface area contributed by atoms with Crippen LogP contribution >= 0.6 is 0 Å². The van der Waals surface area contributed by atoms with Gasteiger partial charge in [0.25, 0.3) is 0 Å². The molecule has 0 saturated carbocycles. The van der Waals surface area contributed by atoms with Crippen LogP contribution in [0.1, 0.15) is 79.6 Å². The average Bonchev–Trinajstić information content (AvgIpc) is 2.70. The summed E-state index contributed by atoms with van der Waals surface area (Å²) in [5.74, 6) is 0. The molecule has 5 heteroatoms. The summed E-state index contributed by atoms with van der Waals surface area (Å²) < 4.78 is 10.7. The van der Waals surface area contributed by atoms with Crippen molar-refractivity contribution in [2.24, 2.45) is 0 Å². The van der Waals surface area contributed by atoms with Crippen LogP contribution in [0.25, 0.3) is 0 Å². The Kier molecular flexibility index (Phi) is 13.9. The molecule has 0 aromatic carbocycles. The van der Waals surface area contributed by atoms with Crippen LogP contribution in [0.15, 0.2) is 46.6 Å². The Labute approximate surface area is 189 Å². The minimum absolute atomic E-state index is 0.0330. The summed E-state index contributed by atoms with van der Waals surface area (Å²) in [6, 6.07) is 0. The van der Waals surface area contributed by atoms with E-state index in [1.807, 2.05) is 0 Å². The third kappa shape index (κ3) is 12.4. The highest BCUT2D eigenvalue weighted by atomic mass is 16.7. The van der Waals surface area contributed by atoms with Gasteiger partial charge in [-0.25, -0.2) is 0 Å². The Morgan fingerprint density at radius 2 is 1.23 bits per heavy atom. The van der Waals surface area contributed by atoms with Gasteiger partial charge in [0, 0.05) is 0 Å². The molecular formula is C26H44O5. The van der Waals surface area contributed by atoms with Gasteiger partial charge in [-0.1, -0.05) is 46.6 Å². The summed E-state index contributed by atoms with van der Waals surface area (Å²) in [5, 5.41) is 28.9. The monoisotopic (exact) mass is 436 g/mol. The van der Waals surface area contributed by atoms with E-state index in [9.17, 15) is 15.3 Å². The van der Waals surface area contributed by atoms with E-state index in [1.165, 1.54) is 22.3 Å². The first kappa shape index (κ1) is 27.8. The summed E-state index contributed by atoms with van der Waals surface area (Å²) >= 11 is 0. The molecule has 0 aliphatic carbocycles. The highest BCUT2D eigenvalue weighted by molar-refractivity contribution is 5.07. The predicted octanol–water partition coefficient (Wildman–Crippen LogP) is 4.98. The molecule has 0 aromatic heterocycles. The van der Waals surface area contributed by atoms with Crippen LogP contribution in [0.4, 0.5) is 0 Å². The summed E-state index contributed by atoms with van der Waals surface area (Å²) in [5.41, 5.74) is 5.61. The standard InChI is InChI=1S/C26H44O5/c1-19(2)10-6-11-20(3)12-7-13-21(4)14-8-15-22(5)16-9-17-30-26-25(29)24(28)23(27)18-31-26/h10,12,14,16,23-29H,6-9,11,13,15,17-18H2,1-5H3/t23-,24+,25-,26+/m1/s1. The van der Waals surface area contributed by atoms with Gasteiger partial charge < -0.3 is 24.8 Å². The van der Waals surface area contributed by atoms with E-state index >= 15 is 0 Å². The Bertz CT molecular complexity index is 628. The van der Waals surface area contributed by atoms with Crippen molar-refractivity contribution in [2.45, 2.75) is 104 Å². The lowest BCUT2D eigenvalue weighted by Gasteiger charge is -2.34. The SMILES string of the molecule is CC(C)=CCCC(C)=CCCC(C)=CCCC(C)=CCCO[C@H]1OC[C@@H](O)[C@H](O)[C@H]1O. The molecule has 1 aliphatic heterocycles. The third-order valence-corrected chi connectivity index (χ3v) is 5.50. The molecule has 0 aromatic rings. The summed E-state index contributed by atoms with van der Waals surface area (Å²) in [6.45, 7) is 11.2. The Balaban J connectivity index is 2.20. The Morgan fingerprint density at radius 3 is 1.74 bits per heavy atom. The molecule has 1 fully saturated rings. The van der Waals surface area contributed by atoms with E-state index in [0.717, 1.165) is 44.9 Å². The topological polar surface area (TPSA) is 79.2 Å². The number of ether oxygens (including phenoxy) is 2. The van der Waals surface area contributed by atoms with Crippen molar-refractivity contribution >= 4 is 0 Å². The van der Waals surface area contributed by atoms with Crippen molar-refractivity contribution in [3.8, 4) is 0 Å². The first-order valence-corrected chi connectivity index (χ1v) is 11.6. The van der Waals surface area contributed by atoms with Gasteiger partial charge in [0.2, 0.25) is 0 Å². The van der Waals surface area contributed by atoms with Crippen LogP contribution in [-0.2, 0) is 9.47 Å². The van der Waals surface area contributed by atoms with Gasteiger partial charge in [-0.3, -0.25) is 0 Å². The molecule has 0 spiro atoms. The first-order valence-electron chi connectivity index (χ1n) is 11.6. The van der Waals surface area contributed by atoms with E-state index in [4.69, 9.17) is 9.47 Å². The van der Waals surface area contributed by atoms with Crippen molar-refractivity contribution in [3.63, 3.8) is 0 Å². The van der Waals surface area contributed by atoms with Gasteiger partial charge in [0.1, 0.15) is 18.3 Å². The maximum atomic E-state index is 9.85. The number of aliphatic hydroxyl groups excluding tert-OH is 3. The van der Waals surface area contributed by atoms with Gasteiger partial charge in [-0.15, -0.1) is 0 Å². The molecule has 0 unspecified atom stereocenters. The number of allylic oxidation sites excluding steroid dienone is 7. The smallest absolute Gasteiger partial charge is 0.186 e. The van der Waals surface area contributed by atoms with E-state index in [1.54, 1.807) is 0 Å². The maximum Gasteiger partial charge on any atom is 0.186 e. The molecule has 31 heavy (non-hydrogen) atoms. The zero-order chi connectivity index (χ0) is 23.2.